The van der Waals surface area contributed by atoms with Gasteiger partial charge in [0.1, 0.15) is 0 Å². The van der Waals surface area contributed by atoms with Crippen molar-refractivity contribution < 1.29 is 9.53 Å². The zero-order chi connectivity index (χ0) is 22.1. The number of ether oxygens (including phenoxy) is 1. The molecule has 0 aromatic heterocycles. The number of carbonyl (C=O) groups is 1. The SMILES string of the molecule is CCOC(=O)C=C(C)C=CC=C(C=CC1=C(C)CCCC1(C)C)c1ccc(C)cc1. The molecule has 2 nitrogen and oxygen atoms in total. The van der Waals surface area contributed by atoms with Crippen LogP contribution in [0.2, 0.25) is 0 Å². The van der Waals surface area contributed by atoms with Crippen LogP contribution >= 0.6 is 0 Å². The van der Waals surface area contributed by atoms with Gasteiger partial charge in [-0.25, -0.2) is 4.79 Å². The van der Waals surface area contributed by atoms with Gasteiger partial charge in [-0.15, -0.1) is 0 Å². The van der Waals surface area contributed by atoms with E-state index in [1.165, 1.54) is 47.6 Å². The van der Waals surface area contributed by atoms with Crippen LogP contribution in [0.3, 0.4) is 0 Å². The van der Waals surface area contributed by atoms with Crippen LogP contribution in [0.1, 0.15) is 65.0 Å². The number of carbonyl (C=O) groups excluding carboxylic acids is 1. The largest absolute Gasteiger partial charge is 0.463 e. The first-order valence-corrected chi connectivity index (χ1v) is 10.9. The quantitative estimate of drug-likeness (QED) is 0.267. The van der Waals surface area contributed by atoms with Gasteiger partial charge in [0.25, 0.3) is 0 Å². The average Bonchev–Trinajstić information content (AvgIpc) is 2.66. The van der Waals surface area contributed by atoms with Crippen molar-refractivity contribution in [1.82, 2.24) is 0 Å². The fourth-order valence-electron chi connectivity index (χ4n) is 3.90. The van der Waals surface area contributed by atoms with Gasteiger partial charge in [-0.05, 0) is 74.7 Å². The Morgan fingerprint density at radius 3 is 2.47 bits per heavy atom. The molecule has 0 N–H and O–H groups in total. The molecule has 0 spiro atoms. The number of hydrogen-bond acceptors (Lipinski definition) is 2. The van der Waals surface area contributed by atoms with Crippen molar-refractivity contribution in [3.8, 4) is 0 Å². The van der Waals surface area contributed by atoms with Crippen LogP contribution < -0.4 is 0 Å². The first-order chi connectivity index (χ1) is 14.2. The molecule has 1 aromatic carbocycles. The minimum atomic E-state index is -0.302. The third kappa shape index (κ3) is 7.02. The Balaban J connectivity index is 2.34. The van der Waals surface area contributed by atoms with E-state index in [1.807, 2.05) is 26.0 Å². The van der Waals surface area contributed by atoms with Gasteiger partial charge in [0, 0.05) is 6.08 Å². The first kappa shape index (κ1) is 23.7. The minimum absolute atomic E-state index is 0.214. The first-order valence-electron chi connectivity index (χ1n) is 10.9. The molecule has 0 saturated carbocycles. The van der Waals surface area contributed by atoms with Crippen LogP contribution in [0.25, 0.3) is 5.57 Å². The van der Waals surface area contributed by atoms with E-state index in [0.29, 0.717) is 6.61 Å². The van der Waals surface area contributed by atoms with E-state index in [2.05, 4.69) is 70.2 Å². The van der Waals surface area contributed by atoms with E-state index >= 15 is 0 Å². The van der Waals surface area contributed by atoms with Gasteiger partial charge >= 0.3 is 5.97 Å². The van der Waals surface area contributed by atoms with E-state index in [-0.39, 0.29) is 11.4 Å². The van der Waals surface area contributed by atoms with Crippen molar-refractivity contribution in [3.05, 3.63) is 88.6 Å². The Kier molecular flexibility index (Phi) is 8.65. The molecule has 0 heterocycles. The molecule has 1 aromatic rings. The third-order valence-electron chi connectivity index (χ3n) is 5.62. The van der Waals surface area contributed by atoms with Crippen LogP contribution in [0, 0.1) is 12.3 Å². The predicted molar refractivity (Wildman–Crippen MR) is 128 cm³/mol. The molecule has 0 amide bonds. The smallest absolute Gasteiger partial charge is 0.330 e. The van der Waals surface area contributed by atoms with E-state index in [1.54, 1.807) is 0 Å². The van der Waals surface area contributed by atoms with Crippen LogP contribution in [0.5, 0.6) is 0 Å². The molecule has 160 valence electrons. The van der Waals surface area contributed by atoms with Crippen LogP contribution in [0.15, 0.2) is 77.4 Å². The summed E-state index contributed by atoms with van der Waals surface area (Å²) in [7, 11) is 0. The Morgan fingerprint density at radius 1 is 1.13 bits per heavy atom. The van der Waals surface area contributed by atoms with E-state index in [4.69, 9.17) is 4.74 Å². The standard InChI is InChI=1S/C28H36O2/c1-7-30-27(29)20-22(3)10-8-12-24(25-15-13-21(2)14-16-25)17-18-26-23(4)11-9-19-28(26,5)6/h8,10,12-18,20H,7,9,11,19H2,1-6H3. The molecule has 2 rings (SSSR count). The number of rotatable bonds is 7. The Bertz CT molecular complexity index is 887. The molecular formula is C28H36O2. The highest BCUT2D eigenvalue weighted by Crippen LogP contribution is 2.41. The van der Waals surface area contributed by atoms with Crippen LogP contribution in [-0.4, -0.2) is 12.6 Å². The molecule has 2 heteroatoms. The summed E-state index contributed by atoms with van der Waals surface area (Å²) in [4.78, 5) is 11.6. The summed E-state index contributed by atoms with van der Waals surface area (Å²) < 4.78 is 4.97. The van der Waals surface area contributed by atoms with Gasteiger partial charge in [-0.1, -0.05) is 79.6 Å². The van der Waals surface area contributed by atoms with E-state index < -0.39 is 0 Å². The Morgan fingerprint density at radius 2 is 1.83 bits per heavy atom. The fraction of sp³-hybridized carbons (Fsp3) is 0.393. The lowest BCUT2D eigenvalue weighted by Crippen LogP contribution is -2.19. The molecule has 1 aliphatic carbocycles. The number of hydrogen-bond donors (Lipinski definition) is 0. The van der Waals surface area contributed by atoms with Crippen LogP contribution in [0.4, 0.5) is 0 Å². The second kappa shape index (κ2) is 11.0. The maximum atomic E-state index is 11.6. The van der Waals surface area contributed by atoms with Gasteiger partial charge in [0.2, 0.25) is 0 Å². The summed E-state index contributed by atoms with van der Waals surface area (Å²) in [5.74, 6) is -0.302. The highest BCUT2D eigenvalue weighted by molar-refractivity contribution is 5.83. The topological polar surface area (TPSA) is 26.3 Å². The Labute approximate surface area is 182 Å². The summed E-state index contributed by atoms with van der Waals surface area (Å²) in [6, 6.07) is 8.60. The van der Waals surface area contributed by atoms with Crippen molar-refractivity contribution in [1.29, 1.82) is 0 Å². The average molecular weight is 405 g/mol. The van der Waals surface area contributed by atoms with Crippen molar-refractivity contribution in [2.24, 2.45) is 5.41 Å². The number of allylic oxidation sites excluding steroid dienone is 9. The maximum Gasteiger partial charge on any atom is 0.330 e. The van der Waals surface area contributed by atoms with Gasteiger partial charge in [-0.2, -0.15) is 0 Å². The minimum Gasteiger partial charge on any atom is -0.463 e. The lowest BCUT2D eigenvalue weighted by Gasteiger charge is -2.33. The molecule has 1 aliphatic rings. The second-order valence-corrected chi connectivity index (χ2v) is 8.75. The zero-order valence-corrected chi connectivity index (χ0v) is 19.4. The molecule has 30 heavy (non-hydrogen) atoms. The maximum absolute atomic E-state index is 11.6. The van der Waals surface area contributed by atoms with Gasteiger partial charge < -0.3 is 4.74 Å². The van der Waals surface area contributed by atoms with Crippen molar-refractivity contribution >= 4 is 11.5 Å². The van der Waals surface area contributed by atoms with Crippen LogP contribution in [-0.2, 0) is 9.53 Å². The highest BCUT2D eigenvalue weighted by Gasteiger charge is 2.26. The summed E-state index contributed by atoms with van der Waals surface area (Å²) in [5, 5.41) is 0. The Hall–Kier alpha value is -2.61. The monoisotopic (exact) mass is 404 g/mol. The molecular weight excluding hydrogens is 368 g/mol. The molecule has 0 fully saturated rings. The molecule has 0 atom stereocenters. The van der Waals surface area contributed by atoms with E-state index in [0.717, 1.165) is 11.1 Å². The van der Waals surface area contributed by atoms with E-state index in [9.17, 15) is 4.79 Å². The fourth-order valence-corrected chi connectivity index (χ4v) is 3.90. The lowest BCUT2D eigenvalue weighted by atomic mass is 9.72. The molecule has 0 radical (unpaired) electrons. The molecule has 0 aliphatic heterocycles. The second-order valence-electron chi connectivity index (χ2n) is 8.75. The van der Waals surface area contributed by atoms with Crippen molar-refractivity contribution in [3.63, 3.8) is 0 Å². The van der Waals surface area contributed by atoms with Gasteiger partial charge in [-0.3, -0.25) is 0 Å². The summed E-state index contributed by atoms with van der Waals surface area (Å²) in [5.41, 5.74) is 7.61. The molecule has 0 saturated heterocycles. The van der Waals surface area contributed by atoms with Crippen molar-refractivity contribution in [2.45, 2.75) is 60.8 Å². The number of aryl methyl sites for hydroxylation is 1. The zero-order valence-electron chi connectivity index (χ0n) is 19.4. The summed E-state index contributed by atoms with van der Waals surface area (Å²) in [6.45, 7) is 13.2. The summed E-state index contributed by atoms with van der Waals surface area (Å²) >= 11 is 0. The summed E-state index contributed by atoms with van der Waals surface area (Å²) in [6.07, 6.45) is 15.8. The molecule has 0 bridgehead atoms. The number of esters is 1. The predicted octanol–water partition coefficient (Wildman–Crippen LogP) is 7.53. The van der Waals surface area contributed by atoms with Gasteiger partial charge in [0.15, 0.2) is 0 Å². The normalized spacial score (nSPS) is 17.8. The highest BCUT2D eigenvalue weighted by atomic mass is 16.5. The lowest BCUT2D eigenvalue weighted by molar-refractivity contribution is -0.137. The number of benzene rings is 1. The third-order valence-corrected chi connectivity index (χ3v) is 5.62. The van der Waals surface area contributed by atoms with Crippen molar-refractivity contribution in [2.75, 3.05) is 6.61 Å². The molecule has 0 unspecified atom stereocenters. The van der Waals surface area contributed by atoms with Gasteiger partial charge in [0.05, 0.1) is 6.61 Å².